The van der Waals surface area contributed by atoms with Crippen molar-refractivity contribution in [2.75, 3.05) is 6.61 Å². The Kier molecular flexibility index (Phi) is 6.09. The second-order valence-corrected chi connectivity index (χ2v) is 7.54. The fraction of sp³-hybridized carbons (Fsp3) is 0.944. The SMILES string of the molecule is CCC1CCC(C(=O)OCC[C@@H]2CCC[C@](C)(O)C2)CC1. The highest BCUT2D eigenvalue weighted by atomic mass is 16.5. The van der Waals surface area contributed by atoms with Gasteiger partial charge in [0, 0.05) is 0 Å². The van der Waals surface area contributed by atoms with Crippen molar-refractivity contribution in [3.05, 3.63) is 0 Å². The summed E-state index contributed by atoms with van der Waals surface area (Å²) < 4.78 is 5.50. The molecule has 0 aromatic heterocycles. The summed E-state index contributed by atoms with van der Waals surface area (Å²) in [7, 11) is 0. The molecular weight excluding hydrogens is 264 g/mol. The zero-order chi connectivity index (χ0) is 15.3. The van der Waals surface area contributed by atoms with E-state index in [0.717, 1.165) is 50.9 Å². The minimum Gasteiger partial charge on any atom is -0.465 e. The lowest BCUT2D eigenvalue weighted by Crippen LogP contribution is -2.32. The highest BCUT2D eigenvalue weighted by Gasteiger charge is 2.30. The fourth-order valence-electron chi connectivity index (χ4n) is 4.09. The molecule has 2 fully saturated rings. The van der Waals surface area contributed by atoms with Gasteiger partial charge in [-0.25, -0.2) is 0 Å². The van der Waals surface area contributed by atoms with E-state index in [1.54, 1.807) is 0 Å². The Bertz CT molecular complexity index is 329. The summed E-state index contributed by atoms with van der Waals surface area (Å²) in [5, 5.41) is 10.1. The van der Waals surface area contributed by atoms with Gasteiger partial charge in [-0.3, -0.25) is 4.79 Å². The van der Waals surface area contributed by atoms with Crippen molar-refractivity contribution in [3.8, 4) is 0 Å². The van der Waals surface area contributed by atoms with Crippen molar-refractivity contribution in [3.63, 3.8) is 0 Å². The Labute approximate surface area is 129 Å². The zero-order valence-corrected chi connectivity index (χ0v) is 13.8. The smallest absolute Gasteiger partial charge is 0.308 e. The van der Waals surface area contributed by atoms with E-state index in [2.05, 4.69) is 6.92 Å². The number of rotatable bonds is 5. The molecule has 0 heterocycles. The molecule has 2 atom stereocenters. The Hall–Kier alpha value is -0.570. The van der Waals surface area contributed by atoms with E-state index in [1.165, 1.54) is 19.3 Å². The minimum atomic E-state index is -0.508. The molecule has 0 bridgehead atoms. The second kappa shape index (κ2) is 7.62. The molecule has 21 heavy (non-hydrogen) atoms. The van der Waals surface area contributed by atoms with Gasteiger partial charge in [-0.2, -0.15) is 0 Å². The van der Waals surface area contributed by atoms with E-state index in [9.17, 15) is 9.90 Å². The zero-order valence-electron chi connectivity index (χ0n) is 13.8. The molecule has 1 N–H and O–H groups in total. The van der Waals surface area contributed by atoms with Gasteiger partial charge in [0.2, 0.25) is 0 Å². The molecule has 122 valence electrons. The number of hydrogen-bond acceptors (Lipinski definition) is 3. The molecule has 2 aliphatic carbocycles. The van der Waals surface area contributed by atoms with Crippen LogP contribution in [0.15, 0.2) is 0 Å². The number of esters is 1. The van der Waals surface area contributed by atoms with Crippen molar-refractivity contribution in [1.29, 1.82) is 0 Å². The van der Waals surface area contributed by atoms with Crippen LogP contribution in [0, 0.1) is 17.8 Å². The summed E-state index contributed by atoms with van der Waals surface area (Å²) in [6.45, 7) is 4.70. The number of hydrogen-bond donors (Lipinski definition) is 1. The van der Waals surface area contributed by atoms with Crippen molar-refractivity contribution in [2.45, 2.75) is 83.7 Å². The first-order valence-corrected chi connectivity index (χ1v) is 8.89. The standard InChI is InChI=1S/C18H32O3/c1-3-14-6-8-16(9-7-14)17(19)21-12-10-15-5-4-11-18(2,20)13-15/h14-16,20H,3-13H2,1-2H3/t14?,15-,16?,18-/m0/s1. The van der Waals surface area contributed by atoms with Gasteiger partial charge in [0.25, 0.3) is 0 Å². The summed E-state index contributed by atoms with van der Waals surface area (Å²) in [6, 6.07) is 0. The van der Waals surface area contributed by atoms with Crippen LogP contribution in [0.2, 0.25) is 0 Å². The molecule has 3 nitrogen and oxygen atoms in total. The molecule has 0 unspecified atom stereocenters. The maximum atomic E-state index is 12.1. The van der Waals surface area contributed by atoms with E-state index < -0.39 is 5.60 Å². The van der Waals surface area contributed by atoms with Gasteiger partial charge in [-0.1, -0.05) is 26.2 Å². The summed E-state index contributed by atoms with van der Waals surface area (Å²) in [5.74, 6) is 1.49. The number of ether oxygens (including phenoxy) is 1. The maximum Gasteiger partial charge on any atom is 0.308 e. The van der Waals surface area contributed by atoms with Gasteiger partial charge >= 0.3 is 5.97 Å². The third kappa shape index (κ3) is 5.28. The van der Waals surface area contributed by atoms with E-state index >= 15 is 0 Å². The fourth-order valence-corrected chi connectivity index (χ4v) is 4.09. The third-order valence-electron chi connectivity index (χ3n) is 5.58. The Balaban J connectivity index is 1.63. The predicted molar refractivity (Wildman–Crippen MR) is 83.9 cm³/mol. The summed E-state index contributed by atoms with van der Waals surface area (Å²) in [5.41, 5.74) is -0.508. The first-order chi connectivity index (χ1) is 10.00. The Morgan fingerprint density at radius 1 is 1.19 bits per heavy atom. The van der Waals surface area contributed by atoms with Gasteiger partial charge in [-0.15, -0.1) is 0 Å². The van der Waals surface area contributed by atoms with Crippen LogP contribution in [0.4, 0.5) is 0 Å². The Morgan fingerprint density at radius 2 is 1.90 bits per heavy atom. The normalized spacial score (nSPS) is 37.2. The van der Waals surface area contributed by atoms with Gasteiger partial charge in [-0.05, 0) is 63.7 Å². The number of carbonyl (C=O) groups is 1. The van der Waals surface area contributed by atoms with Gasteiger partial charge < -0.3 is 9.84 Å². The van der Waals surface area contributed by atoms with Gasteiger partial charge in [0.05, 0.1) is 18.1 Å². The first kappa shape index (κ1) is 16.8. The molecule has 0 aliphatic heterocycles. The van der Waals surface area contributed by atoms with Gasteiger partial charge in [0.1, 0.15) is 0 Å². The summed E-state index contributed by atoms with van der Waals surface area (Å²) in [6.07, 6.45) is 10.5. The minimum absolute atomic E-state index is 0.0205. The predicted octanol–water partition coefficient (Wildman–Crippen LogP) is 4.08. The van der Waals surface area contributed by atoms with Crippen LogP contribution in [0.1, 0.15) is 78.1 Å². The van der Waals surface area contributed by atoms with Gasteiger partial charge in [0.15, 0.2) is 0 Å². The van der Waals surface area contributed by atoms with Crippen LogP contribution in [0.3, 0.4) is 0 Å². The number of carbonyl (C=O) groups excluding carboxylic acids is 1. The largest absolute Gasteiger partial charge is 0.465 e. The molecule has 0 spiro atoms. The van der Waals surface area contributed by atoms with Crippen molar-refractivity contribution in [2.24, 2.45) is 17.8 Å². The van der Waals surface area contributed by atoms with Crippen LogP contribution in [0.5, 0.6) is 0 Å². The second-order valence-electron chi connectivity index (χ2n) is 7.54. The van der Waals surface area contributed by atoms with E-state index in [4.69, 9.17) is 4.74 Å². The quantitative estimate of drug-likeness (QED) is 0.778. The summed E-state index contributed by atoms with van der Waals surface area (Å²) >= 11 is 0. The molecule has 2 aliphatic rings. The van der Waals surface area contributed by atoms with Crippen LogP contribution in [-0.2, 0) is 9.53 Å². The lowest BCUT2D eigenvalue weighted by molar-refractivity contribution is -0.150. The first-order valence-electron chi connectivity index (χ1n) is 8.89. The molecule has 3 heteroatoms. The number of aliphatic hydroxyl groups is 1. The monoisotopic (exact) mass is 296 g/mol. The molecule has 0 radical (unpaired) electrons. The molecule has 0 aromatic carbocycles. The maximum absolute atomic E-state index is 12.1. The third-order valence-corrected chi connectivity index (χ3v) is 5.58. The lowest BCUT2D eigenvalue weighted by atomic mass is 9.78. The van der Waals surface area contributed by atoms with E-state index in [0.29, 0.717) is 12.5 Å². The molecule has 2 saturated carbocycles. The highest BCUT2D eigenvalue weighted by molar-refractivity contribution is 5.72. The lowest BCUT2D eigenvalue weighted by Gasteiger charge is -2.34. The van der Waals surface area contributed by atoms with Crippen LogP contribution >= 0.6 is 0 Å². The van der Waals surface area contributed by atoms with Crippen molar-refractivity contribution in [1.82, 2.24) is 0 Å². The van der Waals surface area contributed by atoms with Crippen LogP contribution in [-0.4, -0.2) is 23.3 Å². The van der Waals surface area contributed by atoms with Crippen molar-refractivity contribution < 1.29 is 14.6 Å². The average Bonchev–Trinajstić information content (AvgIpc) is 2.46. The van der Waals surface area contributed by atoms with E-state index in [-0.39, 0.29) is 11.9 Å². The van der Waals surface area contributed by atoms with Crippen LogP contribution < -0.4 is 0 Å². The molecule has 0 amide bonds. The topological polar surface area (TPSA) is 46.5 Å². The molecule has 2 rings (SSSR count). The van der Waals surface area contributed by atoms with E-state index in [1.807, 2.05) is 6.92 Å². The van der Waals surface area contributed by atoms with Crippen LogP contribution in [0.25, 0.3) is 0 Å². The average molecular weight is 296 g/mol. The highest BCUT2D eigenvalue weighted by Crippen LogP contribution is 2.34. The molecular formula is C18H32O3. The van der Waals surface area contributed by atoms with Crippen molar-refractivity contribution >= 4 is 5.97 Å². The molecule has 0 saturated heterocycles. The summed E-state index contributed by atoms with van der Waals surface area (Å²) in [4.78, 5) is 12.1. The molecule has 0 aromatic rings. The Morgan fingerprint density at radius 3 is 2.52 bits per heavy atom.